The normalized spacial score (nSPS) is 12.5. The van der Waals surface area contributed by atoms with Crippen LogP contribution in [0.3, 0.4) is 0 Å². The minimum absolute atomic E-state index is 0.141. The summed E-state index contributed by atoms with van der Waals surface area (Å²) in [6.45, 7) is 5.73. The molecule has 1 aromatic heterocycles. The minimum Gasteiger partial charge on any atom is -0.445 e. The van der Waals surface area contributed by atoms with Crippen molar-refractivity contribution < 1.29 is 12.8 Å². The van der Waals surface area contributed by atoms with Gasteiger partial charge in [-0.1, -0.05) is 12.1 Å². The monoisotopic (exact) mass is 316 g/mol. The van der Waals surface area contributed by atoms with E-state index in [2.05, 4.69) is 4.98 Å². The van der Waals surface area contributed by atoms with E-state index < -0.39 is 15.3 Å². The molecular weight excluding hydrogens is 300 g/mol. The van der Waals surface area contributed by atoms with Gasteiger partial charge in [-0.25, -0.2) is 13.4 Å². The van der Waals surface area contributed by atoms with Crippen LogP contribution in [0, 0.1) is 18.3 Å². The Hall–Kier alpha value is -2.39. The average molecular weight is 316 g/mol. The maximum Gasteiger partial charge on any atom is 0.204 e. The van der Waals surface area contributed by atoms with Gasteiger partial charge in [-0.2, -0.15) is 5.26 Å². The van der Waals surface area contributed by atoms with Crippen molar-refractivity contribution in [3.8, 4) is 6.07 Å². The zero-order valence-corrected chi connectivity index (χ0v) is 13.4. The third kappa shape index (κ3) is 3.10. The molecule has 0 aliphatic rings. The zero-order chi connectivity index (χ0) is 16.4. The predicted octanol–water partition coefficient (Wildman–Crippen LogP) is 3.12. The quantitative estimate of drug-likeness (QED) is 0.809. The van der Waals surface area contributed by atoms with Crippen LogP contribution in [-0.2, 0) is 15.3 Å². The summed E-state index contributed by atoms with van der Waals surface area (Å²) in [6.07, 6.45) is 2.60. The van der Waals surface area contributed by atoms with Crippen LogP contribution < -0.4 is 0 Å². The van der Waals surface area contributed by atoms with Crippen molar-refractivity contribution in [2.24, 2.45) is 0 Å². The van der Waals surface area contributed by atoms with E-state index in [1.54, 1.807) is 24.4 Å². The van der Waals surface area contributed by atoms with E-state index in [1.165, 1.54) is 12.1 Å². The molecule has 22 heavy (non-hydrogen) atoms. The fraction of sp³-hybridized carbons (Fsp3) is 0.250. The maximum atomic E-state index is 12.0. The van der Waals surface area contributed by atoms with Crippen molar-refractivity contribution in [1.82, 2.24) is 4.98 Å². The SMILES string of the molecule is Cc1cnc(C(C)(C)c2ccc(S(=O)(=O)/C=C/C#N)cc2)o1. The molecular formula is C16H16N2O3S. The highest BCUT2D eigenvalue weighted by atomic mass is 32.2. The van der Waals surface area contributed by atoms with Gasteiger partial charge in [0.2, 0.25) is 15.7 Å². The van der Waals surface area contributed by atoms with Crippen molar-refractivity contribution in [2.75, 3.05) is 0 Å². The number of rotatable bonds is 4. The molecule has 0 amide bonds. The molecule has 0 unspecified atom stereocenters. The number of aryl methyl sites for hydroxylation is 1. The van der Waals surface area contributed by atoms with Gasteiger partial charge >= 0.3 is 0 Å². The molecule has 0 bridgehead atoms. The summed E-state index contributed by atoms with van der Waals surface area (Å²) < 4.78 is 29.5. The fourth-order valence-electron chi connectivity index (χ4n) is 2.03. The molecule has 2 rings (SSSR count). The molecule has 6 heteroatoms. The second kappa shape index (κ2) is 5.78. The molecule has 114 valence electrons. The lowest BCUT2D eigenvalue weighted by atomic mass is 9.84. The van der Waals surface area contributed by atoms with Crippen molar-refractivity contribution in [2.45, 2.75) is 31.1 Å². The van der Waals surface area contributed by atoms with Crippen LogP contribution in [-0.4, -0.2) is 13.4 Å². The van der Waals surface area contributed by atoms with Crippen LogP contribution in [0.2, 0.25) is 0 Å². The van der Waals surface area contributed by atoms with E-state index in [4.69, 9.17) is 9.68 Å². The molecule has 0 fully saturated rings. The molecule has 0 aliphatic heterocycles. The second-order valence-electron chi connectivity index (χ2n) is 5.40. The first kappa shape index (κ1) is 16.0. The Bertz CT molecular complexity index is 838. The molecule has 0 saturated heterocycles. The van der Waals surface area contributed by atoms with Gasteiger partial charge < -0.3 is 4.42 Å². The van der Waals surface area contributed by atoms with E-state index in [0.717, 1.165) is 22.8 Å². The van der Waals surface area contributed by atoms with Crippen LogP contribution in [0.5, 0.6) is 0 Å². The lowest BCUT2D eigenvalue weighted by Crippen LogP contribution is -2.19. The van der Waals surface area contributed by atoms with Gasteiger partial charge in [-0.15, -0.1) is 0 Å². The summed E-state index contributed by atoms with van der Waals surface area (Å²) in [6, 6.07) is 8.17. The molecule has 0 spiro atoms. The number of nitriles is 1. The number of nitrogens with zero attached hydrogens (tertiary/aromatic N) is 2. The van der Waals surface area contributed by atoms with Gasteiger partial charge in [0.25, 0.3) is 0 Å². The van der Waals surface area contributed by atoms with Crippen molar-refractivity contribution in [1.29, 1.82) is 5.26 Å². The summed E-state index contributed by atoms with van der Waals surface area (Å²) in [7, 11) is -3.59. The first-order chi connectivity index (χ1) is 10.3. The Kier molecular flexibility index (Phi) is 4.20. The number of hydrogen-bond acceptors (Lipinski definition) is 5. The van der Waals surface area contributed by atoms with Crippen molar-refractivity contribution in [3.63, 3.8) is 0 Å². The van der Waals surface area contributed by atoms with Gasteiger partial charge in [0.05, 0.1) is 22.6 Å². The Labute approximate surface area is 129 Å². The maximum absolute atomic E-state index is 12.0. The summed E-state index contributed by atoms with van der Waals surface area (Å²) >= 11 is 0. The van der Waals surface area contributed by atoms with Gasteiger partial charge in [-0.3, -0.25) is 0 Å². The summed E-state index contributed by atoms with van der Waals surface area (Å²) in [5.41, 5.74) is 0.413. The smallest absolute Gasteiger partial charge is 0.204 e. The molecule has 5 nitrogen and oxygen atoms in total. The molecule has 1 heterocycles. The van der Waals surface area contributed by atoms with Crippen LogP contribution in [0.1, 0.15) is 31.1 Å². The van der Waals surface area contributed by atoms with Crippen LogP contribution in [0.25, 0.3) is 0 Å². The standard InChI is InChI=1S/C16H16N2O3S/c1-12-11-18-15(21-12)16(2,3)13-5-7-14(8-6-13)22(19,20)10-4-9-17/h4-8,10-11H,1-3H3/b10-4+. The summed E-state index contributed by atoms with van der Waals surface area (Å²) in [5.74, 6) is 1.30. The number of oxazole rings is 1. The molecule has 0 N–H and O–H groups in total. The Morgan fingerprint density at radius 3 is 2.41 bits per heavy atom. The molecule has 0 aliphatic carbocycles. The molecule has 0 radical (unpaired) electrons. The third-order valence-electron chi connectivity index (χ3n) is 3.38. The predicted molar refractivity (Wildman–Crippen MR) is 81.7 cm³/mol. The topological polar surface area (TPSA) is 84.0 Å². The molecule has 0 saturated carbocycles. The number of aromatic nitrogens is 1. The number of hydrogen-bond donors (Lipinski definition) is 0. The molecule has 0 atom stereocenters. The fourth-order valence-corrected chi connectivity index (χ4v) is 2.94. The van der Waals surface area contributed by atoms with Crippen molar-refractivity contribution in [3.05, 3.63) is 59.2 Å². The average Bonchev–Trinajstić information content (AvgIpc) is 2.93. The van der Waals surface area contributed by atoms with Gasteiger partial charge in [-0.05, 0) is 38.5 Å². The summed E-state index contributed by atoms with van der Waals surface area (Å²) in [5, 5.41) is 9.33. The van der Waals surface area contributed by atoms with Gasteiger partial charge in [0.1, 0.15) is 5.76 Å². The second-order valence-corrected chi connectivity index (χ2v) is 7.24. The van der Waals surface area contributed by atoms with Crippen LogP contribution >= 0.6 is 0 Å². The number of sulfone groups is 1. The van der Waals surface area contributed by atoms with E-state index in [1.807, 2.05) is 20.8 Å². The minimum atomic E-state index is -3.59. The first-order valence-electron chi connectivity index (χ1n) is 6.62. The first-order valence-corrected chi connectivity index (χ1v) is 8.17. The lowest BCUT2D eigenvalue weighted by molar-refractivity contribution is 0.398. The Morgan fingerprint density at radius 1 is 1.27 bits per heavy atom. The third-order valence-corrected chi connectivity index (χ3v) is 4.81. The highest BCUT2D eigenvalue weighted by Gasteiger charge is 2.28. The largest absolute Gasteiger partial charge is 0.445 e. The highest BCUT2D eigenvalue weighted by Crippen LogP contribution is 2.31. The van der Waals surface area contributed by atoms with E-state index in [0.29, 0.717) is 5.89 Å². The molecule has 1 aromatic carbocycles. The van der Waals surface area contributed by atoms with Gasteiger partial charge in [0.15, 0.2) is 0 Å². The molecule has 2 aromatic rings. The highest BCUT2D eigenvalue weighted by molar-refractivity contribution is 7.94. The van der Waals surface area contributed by atoms with Crippen LogP contribution in [0.15, 0.2) is 51.3 Å². The Morgan fingerprint density at radius 2 is 1.91 bits per heavy atom. The summed E-state index contributed by atoms with van der Waals surface area (Å²) in [4.78, 5) is 4.38. The van der Waals surface area contributed by atoms with E-state index in [9.17, 15) is 8.42 Å². The van der Waals surface area contributed by atoms with E-state index >= 15 is 0 Å². The number of allylic oxidation sites excluding steroid dienone is 1. The Balaban J connectivity index is 2.37. The van der Waals surface area contributed by atoms with E-state index in [-0.39, 0.29) is 4.90 Å². The van der Waals surface area contributed by atoms with Crippen molar-refractivity contribution >= 4 is 9.84 Å². The zero-order valence-electron chi connectivity index (χ0n) is 12.6. The number of benzene rings is 1. The van der Waals surface area contributed by atoms with Crippen LogP contribution in [0.4, 0.5) is 0 Å². The van der Waals surface area contributed by atoms with Gasteiger partial charge in [0, 0.05) is 11.5 Å². The lowest BCUT2D eigenvalue weighted by Gasteiger charge is -2.21.